The molecular formula is C11H13BrFNO2. The van der Waals surface area contributed by atoms with Crippen LogP contribution in [0.5, 0.6) is 11.5 Å². The summed E-state index contributed by atoms with van der Waals surface area (Å²) in [5.74, 6) is 0.782. The quantitative estimate of drug-likeness (QED) is 0.928. The van der Waals surface area contributed by atoms with E-state index < -0.39 is 0 Å². The average Bonchev–Trinajstić information content (AvgIpc) is 2.32. The number of hydrogen-bond acceptors (Lipinski definition) is 3. The molecular weight excluding hydrogens is 277 g/mol. The number of ether oxygens (including phenoxy) is 2. The highest BCUT2D eigenvalue weighted by Gasteiger charge is 2.21. The molecule has 0 unspecified atom stereocenters. The first-order chi connectivity index (χ1) is 7.74. The van der Waals surface area contributed by atoms with E-state index in [1.807, 2.05) is 0 Å². The average molecular weight is 290 g/mol. The minimum atomic E-state index is -0.280. The lowest BCUT2D eigenvalue weighted by atomic mass is 10.1. The van der Waals surface area contributed by atoms with Gasteiger partial charge in [0.05, 0.1) is 4.47 Å². The third kappa shape index (κ3) is 2.15. The van der Waals surface area contributed by atoms with Gasteiger partial charge in [0.25, 0.3) is 0 Å². The predicted octanol–water partition coefficient (Wildman–Crippen LogP) is 2.25. The summed E-state index contributed by atoms with van der Waals surface area (Å²) in [5.41, 5.74) is 6.02. The molecule has 0 saturated heterocycles. The minimum absolute atomic E-state index is 0.280. The number of benzene rings is 1. The molecule has 0 aliphatic carbocycles. The normalized spacial score (nSPS) is 13.9. The van der Waals surface area contributed by atoms with Crippen molar-refractivity contribution in [3.63, 3.8) is 0 Å². The molecule has 16 heavy (non-hydrogen) atoms. The zero-order valence-corrected chi connectivity index (χ0v) is 10.3. The van der Waals surface area contributed by atoms with Crippen molar-refractivity contribution in [2.75, 3.05) is 19.8 Å². The molecule has 88 valence electrons. The van der Waals surface area contributed by atoms with E-state index in [-0.39, 0.29) is 5.82 Å². The summed E-state index contributed by atoms with van der Waals surface area (Å²) in [6.07, 6.45) is 1.36. The Kier molecular flexibility index (Phi) is 3.66. The maximum atomic E-state index is 13.9. The fourth-order valence-electron chi connectivity index (χ4n) is 1.65. The highest BCUT2D eigenvalue weighted by molar-refractivity contribution is 9.10. The van der Waals surface area contributed by atoms with Crippen molar-refractivity contribution >= 4 is 15.9 Å². The Morgan fingerprint density at radius 1 is 1.38 bits per heavy atom. The summed E-state index contributed by atoms with van der Waals surface area (Å²) in [7, 11) is 0. The van der Waals surface area contributed by atoms with Gasteiger partial charge >= 0.3 is 0 Å². The lowest BCUT2D eigenvalue weighted by Gasteiger charge is -2.21. The molecule has 0 fully saturated rings. The van der Waals surface area contributed by atoms with Gasteiger partial charge in [0, 0.05) is 0 Å². The molecule has 1 aliphatic rings. The second kappa shape index (κ2) is 5.01. The maximum absolute atomic E-state index is 13.9. The van der Waals surface area contributed by atoms with Crippen LogP contribution < -0.4 is 15.2 Å². The van der Waals surface area contributed by atoms with Gasteiger partial charge in [0.2, 0.25) is 0 Å². The zero-order valence-electron chi connectivity index (χ0n) is 8.76. The fourth-order valence-corrected chi connectivity index (χ4v) is 2.21. The molecule has 2 N–H and O–H groups in total. The molecule has 0 spiro atoms. The molecule has 0 atom stereocenters. The summed E-state index contributed by atoms with van der Waals surface area (Å²) in [4.78, 5) is 0. The van der Waals surface area contributed by atoms with Crippen molar-refractivity contribution in [2.24, 2.45) is 5.73 Å². The van der Waals surface area contributed by atoms with Crippen LogP contribution in [-0.4, -0.2) is 19.8 Å². The van der Waals surface area contributed by atoms with Gasteiger partial charge in [0.1, 0.15) is 19.0 Å². The van der Waals surface area contributed by atoms with E-state index in [1.165, 1.54) is 0 Å². The Balaban J connectivity index is 2.36. The number of rotatable bonds is 3. The number of fused-ring (bicyclic) bond motifs is 1. The van der Waals surface area contributed by atoms with Gasteiger partial charge in [-0.3, -0.25) is 0 Å². The Morgan fingerprint density at radius 2 is 2.12 bits per heavy atom. The van der Waals surface area contributed by atoms with Crippen LogP contribution in [0.25, 0.3) is 0 Å². The molecule has 0 aromatic heterocycles. The van der Waals surface area contributed by atoms with Crippen LogP contribution in [0.15, 0.2) is 10.5 Å². The largest absolute Gasteiger partial charge is 0.486 e. The molecule has 0 bridgehead atoms. The summed E-state index contributed by atoms with van der Waals surface area (Å²) >= 11 is 3.20. The van der Waals surface area contributed by atoms with E-state index in [0.717, 1.165) is 6.42 Å². The topological polar surface area (TPSA) is 44.5 Å². The predicted molar refractivity (Wildman–Crippen MR) is 62.5 cm³/mol. The van der Waals surface area contributed by atoms with Crippen molar-refractivity contribution in [3.8, 4) is 11.5 Å². The second-order valence-corrected chi connectivity index (χ2v) is 4.37. The Labute approximate surface area is 102 Å². The van der Waals surface area contributed by atoms with Gasteiger partial charge in [-0.05, 0) is 46.9 Å². The van der Waals surface area contributed by atoms with Crippen molar-refractivity contribution in [1.82, 2.24) is 0 Å². The van der Waals surface area contributed by atoms with Crippen molar-refractivity contribution < 1.29 is 13.9 Å². The van der Waals surface area contributed by atoms with E-state index in [2.05, 4.69) is 15.9 Å². The van der Waals surface area contributed by atoms with Gasteiger partial charge in [-0.1, -0.05) is 0 Å². The van der Waals surface area contributed by atoms with E-state index in [4.69, 9.17) is 15.2 Å². The van der Waals surface area contributed by atoms with Gasteiger partial charge in [-0.15, -0.1) is 0 Å². The van der Waals surface area contributed by atoms with Gasteiger partial charge in [-0.2, -0.15) is 0 Å². The maximum Gasteiger partial charge on any atom is 0.178 e. The molecule has 1 heterocycles. The molecule has 0 saturated carbocycles. The molecule has 0 amide bonds. The first-order valence-electron chi connectivity index (χ1n) is 5.20. The third-order valence-corrected chi connectivity index (χ3v) is 3.15. The minimum Gasteiger partial charge on any atom is -0.486 e. The summed E-state index contributed by atoms with van der Waals surface area (Å²) in [6, 6.07) is 1.70. The highest BCUT2D eigenvalue weighted by atomic mass is 79.9. The van der Waals surface area contributed by atoms with Gasteiger partial charge in [-0.25, -0.2) is 4.39 Å². The number of hydrogen-bond donors (Lipinski definition) is 1. The van der Waals surface area contributed by atoms with E-state index >= 15 is 0 Å². The molecule has 1 aromatic rings. The summed E-state index contributed by atoms with van der Waals surface area (Å²) < 4.78 is 25.0. The van der Waals surface area contributed by atoms with Crippen LogP contribution in [-0.2, 0) is 6.42 Å². The van der Waals surface area contributed by atoms with Crippen LogP contribution in [0.4, 0.5) is 4.39 Å². The second-order valence-electron chi connectivity index (χ2n) is 3.58. The standard InChI is InChI=1S/C11H13BrFNO2/c12-9-10(13)7(2-1-3-14)6-8-11(9)16-5-4-15-8/h6H,1-5,14H2. The molecule has 1 aromatic carbocycles. The van der Waals surface area contributed by atoms with E-state index in [9.17, 15) is 4.39 Å². The van der Waals surface area contributed by atoms with Crippen LogP contribution in [0, 0.1) is 5.82 Å². The summed E-state index contributed by atoms with van der Waals surface area (Å²) in [5, 5.41) is 0. The fraction of sp³-hybridized carbons (Fsp3) is 0.455. The first kappa shape index (κ1) is 11.7. The molecule has 5 heteroatoms. The zero-order chi connectivity index (χ0) is 11.5. The van der Waals surface area contributed by atoms with Crippen LogP contribution >= 0.6 is 15.9 Å². The van der Waals surface area contributed by atoms with Crippen LogP contribution in [0.3, 0.4) is 0 Å². The van der Waals surface area contributed by atoms with Crippen LogP contribution in [0.2, 0.25) is 0 Å². The van der Waals surface area contributed by atoms with Crippen molar-refractivity contribution in [2.45, 2.75) is 12.8 Å². The Hall–Kier alpha value is -0.810. The lowest BCUT2D eigenvalue weighted by molar-refractivity contribution is 0.169. The van der Waals surface area contributed by atoms with Crippen molar-refractivity contribution in [3.05, 3.63) is 21.9 Å². The van der Waals surface area contributed by atoms with Crippen molar-refractivity contribution in [1.29, 1.82) is 0 Å². The number of halogens is 2. The smallest absolute Gasteiger partial charge is 0.178 e. The Bertz CT molecular complexity index is 398. The SMILES string of the molecule is NCCCc1cc2c(c(Br)c1F)OCCO2. The molecule has 3 nitrogen and oxygen atoms in total. The Morgan fingerprint density at radius 3 is 2.88 bits per heavy atom. The summed E-state index contributed by atoms with van der Waals surface area (Å²) in [6.45, 7) is 1.50. The number of nitrogens with two attached hydrogens (primary N) is 1. The van der Waals surface area contributed by atoms with E-state index in [1.54, 1.807) is 6.07 Å². The van der Waals surface area contributed by atoms with Gasteiger partial charge < -0.3 is 15.2 Å². The van der Waals surface area contributed by atoms with Crippen LogP contribution in [0.1, 0.15) is 12.0 Å². The molecule has 0 radical (unpaired) electrons. The highest BCUT2D eigenvalue weighted by Crippen LogP contribution is 2.41. The molecule has 1 aliphatic heterocycles. The van der Waals surface area contributed by atoms with E-state index in [0.29, 0.717) is 47.7 Å². The number of aryl methyl sites for hydroxylation is 1. The lowest BCUT2D eigenvalue weighted by Crippen LogP contribution is -2.16. The third-order valence-electron chi connectivity index (χ3n) is 2.44. The first-order valence-corrected chi connectivity index (χ1v) is 6.00. The van der Waals surface area contributed by atoms with Gasteiger partial charge in [0.15, 0.2) is 11.5 Å². The molecule has 2 rings (SSSR count). The monoisotopic (exact) mass is 289 g/mol.